The number of hydrogen-bond donors (Lipinski definition) is 1. The molecule has 1 rings (SSSR count). The molecule has 0 aromatic carbocycles. The summed E-state index contributed by atoms with van der Waals surface area (Å²) in [4.78, 5) is 0. The lowest BCUT2D eigenvalue weighted by Gasteiger charge is -2.32. The van der Waals surface area contributed by atoms with Crippen molar-refractivity contribution in [1.29, 1.82) is 0 Å². The van der Waals surface area contributed by atoms with Crippen LogP contribution in [0.1, 0.15) is 19.3 Å². The predicted octanol–water partition coefficient (Wildman–Crippen LogP) is -0.793. The third-order valence-corrected chi connectivity index (χ3v) is 3.18. The van der Waals surface area contributed by atoms with E-state index in [1.807, 2.05) is 0 Å². The summed E-state index contributed by atoms with van der Waals surface area (Å²) in [6, 6.07) is 0. The summed E-state index contributed by atoms with van der Waals surface area (Å²) >= 11 is 0. The summed E-state index contributed by atoms with van der Waals surface area (Å²) in [5.41, 5.74) is 5.55. The Morgan fingerprint density at radius 2 is 2.33 bits per heavy atom. The first-order chi connectivity index (χ1) is 4.27. The summed E-state index contributed by atoms with van der Waals surface area (Å²) in [5, 5.41) is 0.137. The van der Waals surface area contributed by atoms with E-state index >= 15 is 0 Å². The second-order valence-electron chi connectivity index (χ2n) is 2.96. The Bertz CT molecular complexity index is 91.1. The maximum Gasteiger partial charge on any atom is 0.0604 e. The highest BCUT2D eigenvalue weighted by atomic mass is 28.1. The quantitative estimate of drug-likeness (QED) is 0.491. The molecule has 2 N–H and O–H groups in total. The molecule has 0 aromatic rings. The molecule has 0 amide bonds. The standard InChI is InChI=1S/C6H15NOSi/c7-5-6(9)3-1-2-4-8-6/h1-5,7H2,9H3. The third-order valence-electron chi connectivity index (χ3n) is 1.98. The van der Waals surface area contributed by atoms with Crippen LogP contribution >= 0.6 is 0 Å². The Hall–Kier alpha value is 0.137. The fraction of sp³-hybridized carbons (Fsp3) is 1.00. The number of nitrogens with two attached hydrogens (primary N) is 1. The second-order valence-corrected chi connectivity index (χ2v) is 4.78. The van der Waals surface area contributed by atoms with E-state index in [1.165, 1.54) is 19.3 Å². The highest BCUT2D eigenvalue weighted by Crippen LogP contribution is 2.19. The van der Waals surface area contributed by atoms with Gasteiger partial charge in [-0.1, -0.05) is 0 Å². The van der Waals surface area contributed by atoms with E-state index in [-0.39, 0.29) is 5.22 Å². The fourth-order valence-corrected chi connectivity index (χ4v) is 1.71. The Morgan fingerprint density at radius 1 is 1.56 bits per heavy atom. The largest absolute Gasteiger partial charge is 0.378 e. The molecule has 2 nitrogen and oxygen atoms in total. The highest BCUT2D eigenvalue weighted by molar-refractivity contribution is 6.14. The van der Waals surface area contributed by atoms with E-state index in [4.69, 9.17) is 10.5 Å². The number of rotatable bonds is 1. The SMILES string of the molecule is NCC1([SiH3])CCCCO1. The monoisotopic (exact) mass is 145 g/mol. The summed E-state index contributed by atoms with van der Waals surface area (Å²) in [6.07, 6.45) is 3.72. The molecule has 3 heteroatoms. The van der Waals surface area contributed by atoms with Crippen LogP contribution in [0.25, 0.3) is 0 Å². The molecule has 1 atom stereocenters. The summed E-state index contributed by atoms with van der Waals surface area (Å²) in [7, 11) is 1.08. The minimum atomic E-state index is 0.137. The zero-order valence-corrected chi connectivity index (χ0v) is 8.02. The van der Waals surface area contributed by atoms with Crippen molar-refractivity contribution in [2.45, 2.75) is 24.5 Å². The van der Waals surface area contributed by atoms with Gasteiger partial charge in [0.25, 0.3) is 0 Å². The molecule has 1 aliphatic heterocycles. The second kappa shape index (κ2) is 2.81. The van der Waals surface area contributed by atoms with Gasteiger partial charge in [0.2, 0.25) is 0 Å². The van der Waals surface area contributed by atoms with Crippen LogP contribution in [0.3, 0.4) is 0 Å². The molecule has 0 aromatic heterocycles. The molecule has 0 spiro atoms. The Labute approximate surface area is 59.2 Å². The minimum absolute atomic E-state index is 0.137. The molecule has 9 heavy (non-hydrogen) atoms. The van der Waals surface area contributed by atoms with Crippen molar-refractivity contribution in [3.63, 3.8) is 0 Å². The van der Waals surface area contributed by atoms with Crippen LogP contribution in [-0.2, 0) is 4.74 Å². The molecule has 0 saturated carbocycles. The van der Waals surface area contributed by atoms with Crippen molar-refractivity contribution in [3.8, 4) is 0 Å². The van der Waals surface area contributed by atoms with E-state index in [2.05, 4.69) is 0 Å². The first-order valence-corrected chi connectivity index (χ1v) is 4.61. The number of hydrogen-bond acceptors (Lipinski definition) is 2. The molecule has 0 radical (unpaired) electrons. The zero-order chi connectivity index (χ0) is 6.74. The van der Waals surface area contributed by atoms with Gasteiger partial charge >= 0.3 is 0 Å². The van der Waals surface area contributed by atoms with E-state index in [9.17, 15) is 0 Å². The lowest BCUT2D eigenvalue weighted by atomic mass is 10.1. The van der Waals surface area contributed by atoms with Gasteiger partial charge in [-0.25, -0.2) is 0 Å². The minimum Gasteiger partial charge on any atom is -0.378 e. The maximum atomic E-state index is 5.55. The van der Waals surface area contributed by atoms with Gasteiger partial charge in [0.05, 0.1) is 5.22 Å². The Kier molecular flexibility index (Phi) is 2.27. The van der Waals surface area contributed by atoms with E-state index in [0.29, 0.717) is 0 Å². The average molecular weight is 145 g/mol. The van der Waals surface area contributed by atoms with Gasteiger partial charge in [-0.05, 0) is 19.3 Å². The topological polar surface area (TPSA) is 35.2 Å². The van der Waals surface area contributed by atoms with Gasteiger partial charge < -0.3 is 10.5 Å². The van der Waals surface area contributed by atoms with Gasteiger partial charge in [0, 0.05) is 23.4 Å². The first-order valence-electron chi connectivity index (χ1n) is 3.61. The highest BCUT2D eigenvalue weighted by Gasteiger charge is 2.25. The third kappa shape index (κ3) is 1.78. The molecule has 1 heterocycles. The maximum absolute atomic E-state index is 5.55. The lowest BCUT2D eigenvalue weighted by Crippen LogP contribution is -2.43. The van der Waals surface area contributed by atoms with E-state index in [1.54, 1.807) is 0 Å². The first kappa shape index (κ1) is 7.25. The smallest absolute Gasteiger partial charge is 0.0604 e. The average Bonchev–Trinajstić information content (AvgIpc) is 1.90. The molecular weight excluding hydrogens is 130 g/mol. The van der Waals surface area contributed by atoms with Crippen LogP contribution in [0.15, 0.2) is 0 Å². The van der Waals surface area contributed by atoms with Crippen LogP contribution in [0.2, 0.25) is 0 Å². The Morgan fingerprint density at radius 3 is 2.67 bits per heavy atom. The van der Waals surface area contributed by atoms with Gasteiger partial charge in [-0.15, -0.1) is 0 Å². The van der Waals surface area contributed by atoms with Crippen LogP contribution in [-0.4, -0.2) is 28.6 Å². The molecule has 54 valence electrons. The molecule has 1 unspecified atom stereocenters. The fourth-order valence-electron chi connectivity index (χ4n) is 1.15. The van der Waals surface area contributed by atoms with Crippen LogP contribution in [0.4, 0.5) is 0 Å². The van der Waals surface area contributed by atoms with Crippen molar-refractivity contribution in [1.82, 2.24) is 0 Å². The van der Waals surface area contributed by atoms with Gasteiger partial charge in [-0.2, -0.15) is 0 Å². The summed E-state index contributed by atoms with van der Waals surface area (Å²) in [6.45, 7) is 1.65. The van der Waals surface area contributed by atoms with Crippen LogP contribution < -0.4 is 5.73 Å². The predicted molar refractivity (Wildman–Crippen MR) is 41.5 cm³/mol. The van der Waals surface area contributed by atoms with E-state index < -0.39 is 0 Å². The van der Waals surface area contributed by atoms with Crippen LogP contribution in [0, 0.1) is 0 Å². The van der Waals surface area contributed by atoms with Crippen molar-refractivity contribution in [2.24, 2.45) is 5.73 Å². The molecule has 1 fully saturated rings. The zero-order valence-electron chi connectivity index (χ0n) is 6.02. The Balaban J connectivity index is 2.37. The number of ether oxygens (including phenoxy) is 1. The summed E-state index contributed by atoms with van der Waals surface area (Å²) < 4.78 is 5.55. The van der Waals surface area contributed by atoms with Crippen LogP contribution in [0.5, 0.6) is 0 Å². The van der Waals surface area contributed by atoms with E-state index in [0.717, 1.165) is 23.4 Å². The molecule has 1 aliphatic rings. The molecular formula is C6H15NOSi. The molecule has 0 bridgehead atoms. The molecule has 1 saturated heterocycles. The summed E-state index contributed by atoms with van der Waals surface area (Å²) in [5.74, 6) is 0. The van der Waals surface area contributed by atoms with Crippen molar-refractivity contribution >= 4 is 10.2 Å². The normalized spacial score (nSPS) is 37.0. The van der Waals surface area contributed by atoms with Crippen molar-refractivity contribution < 1.29 is 4.74 Å². The van der Waals surface area contributed by atoms with Gasteiger partial charge in [-0.3, -0.25) is 0 Å². The molecule has 0 aliphatic carbocycles. The van der Waals surface area contributed by atoms with Crippen molar-refractivity contribution in [2.75, 3.05) is 13.2 Å². The van der Waals surface area contributed by atoms with Gasteiger partial charge in [0.15, 0.2) is 0 Å². The van der Waals surface area contributed by atoms with Crippen molar-refractivity contribution in [3.05, 3.63) is 0 Å². The lowest BCUT2D eigenvalue weighted by molar-refractivity contribution is -0.0109. The van der Waals surface area contributed by atoms with Gasteiger partial charge in [0.1, 0.15) is 0 Å².